The minimum Gasteiger partial charge on any atom is -0.497 e. The maximum atomic E-state index is 14.1. The Morgan fingerprint density at radius 1 is 1.37 bits per heavy atom. The zero-order valence-electron chi connectivity index (χ0n) is 11.2. The molecule has 0 saturated heterocycles. The van der Waals surface area contributed by atoms with Gasteiger partial charge in [-0.3, -0.25) is 0 Å². The maximum absolute atomic E-state index is 14.1. The molecule has 0 aliphatic heterocycles. The van der Waals surface area contributed by atoms with Crippen LogP contribution in [0, 0.1) is 5.82 Å². The minimum absolute atomic E-state index is 0.109. The Morgan fingerprint density at radius 2 is 2.21 bits per heavy atom. The van der Waals surface area contributed by atoms with E-state index in [1.807, 2.05) is 19.1 Å². The smallest absolute Gasteiger partial charge is 0.131 e. The third-order valence-corrected chi connectivity index (χ3v) is 3.02. The molecule has 3 nitrogen and oxygen atoms in total. The minimum atomic E-state index is -0.267. The van der Waals surface area contributed by atoms with Gasteiger partial charge in [-0.25, -0.2) is 4.39 Å². The number of nitrogens with one attached hydrogen (secondary N) is 1. The number of benzene rings is 1. The van der Waals surface area contributed by atoms with Gasteiger partial charge in [0.15, 0.2) is 0 Å². The van der Waals surface area contributed by atoms with Crippen LogP contribution in [0.2, 0.25) is 0 Å². The second-order valence-electron chi connectivity index (χ2n) is 4.28. The van der Waals surface area contributed by atoms with Crippen LogP contribution in [-0.4, -0.2) is 13.7 Å². The van der Waals surface area contributed by atoms with Gasteiger partial charge >= 0.3 is 0 Å². The molecule has 0 bridgehead atoms. The first-order valence-corrected chi connectivity index (χ1v) is 6.33. The summed E-state index contributed by atoms with van der Waals surface area (Å²) in [5, 5.41) is 3.27. The van der Waals surface area contributed by atoms with E-state index in [2.05, 4.69) is 5.32 Å². The van der Waals surface area contributed by atoms with Crippen molar-refractivity contribution >= 4 is 0 Å². The van der Waals surface area contributed by atoms with Gasteiger partial charge in [0.05, 0.1) is 13.4 Å². The summed E-state index contributed by atoms with van der Waals surface area (Å²) < 4.78 is 24.4. The number of rotatable bonds is 6. The van der Waals surface area contributed by atoms with Crippen molar-refractivity contribution in [3.63, 3.8) is 0 Å². The topological polar surface area (TPSA) is 34.4 Å². The number of likely N-dealkylation sites (N-methyl/N-ethyl adjacent to an activating group) is 1. The van der Waals surface area contributed by atoms with E-state index in [4.69, 9.17) is 9.15 Å². The van der Waals surface area contributed by atoms with E-state index in [9.17, 15) is 4.39 Å². The van der Waals surface area contributed by atoms with Crippen molar-refractivity contribution in [2.45, 2.75) is 19.4 Å². The Bertz CT molecular complexity index is 511. The van der Waals surface area contributed by atoms with Gasteiger partial charge in [0.1, 0.15) is 17.3 Å². The molecule has 2 aromatic rings. The van der Waals surface area contributed by atoms with Crippen LogP contribution in [0.15, 0.2) is 41.0 Å². The highest BCUT2D eigenvalue weighted by molar-refractivity contribution is 5.31. The number of ether oxygens (including phenoxy) is 1. The van der Waals surface area contributed by atoms with Gasteiger partial charge in [0, 0.05) is 24.1 Å². The van der Waals surface area contributed by atoms with Gasteiger partial charge in [0.25, 0.3) is 0 Å². The standard InChI is InChI=1S/C15H18FNO2/c1-3-17-15(10-12-5-4-8-19-12)13-7-6-11(18-2)9-14(13)16/h4-9,15,17H,3,10H2,1-2H3. The molecule has 2 rings (SSSR count). The van der Waals surface area contributed by atoms with Crippen molar-refractivity contribution in [2.75, 3.05) is 13.7 Å². The number of halogens is 1. The number of hydrogen-bond acceptors (Lipinski definition) is 3. The zero-order chi connectivity index (χ0) is 13.7. The van der Waals surface area contributed by atoms with Crippen LogP contribution >= 0.6 is 0 Å². The first-order valence-electron chi connectivity index (χ1n) is 6.33. The van der Waals surface area contributed by atoms with E-state index < -0.39 is 0 Å². The Balaban J connectivity index is 2.23. The van der Waals surface area contributed by atoms with Crippen LogP contribution in [0.5, 0.6) is 5.75 Å². The summed E-state index contributed by atoms with van der Waals surface area (Å²) in [5.41, 5.74) is 0.624. The molecule has 0 aliphatic carbocycles. The second kappa shape index (κ2) is 6.38. The van der Waals surface area contributed by atoms with Gasteiger partial charge in [0.2, 0.25) is 0 Å². The Labute approximate surface area is 112 Å². The molecule has 0 saturated carbocycles. The highest BCUT2D eigenvalue weighted by atomic mass is 19.1. The molecule has 1 heterocycles. The summed E-state index contributed by atoms with van der Waals surface area (Å²) in [6, 6.07) is 8.55. The van der Waals surface area contributed by atoms with Crippen molar-refractivity contribution in [3.05, 3.63) is 53.7 Å². The molecular weight excluding hydrogens is 245 g/mol. The summed E-state index contributed by atoms with van der Waals surface area (Å²) in [6.07, 6.45) is 2.24. The fourth-order valence-electron chi connectivity index (χ4n) is 2.09. The Morgan fingerprint density at radius 3 is 2.79 bits per heavy atom. The summed E-state index contributed by atoms with van der Waals surface area (Å²) in [6.45, 7) is 2.76. The van der Waals surface area contributed by atoms with Crippen LogP contribution in [0.3, 0.4) is 0 Å². The third kappa shape index (κ3) is 3.35. The lowest BCUT2D eigenvalue weighted by Gasteiger charge is -2.18. The third-order valence-electron chi connectivity index (χ3n) is 3.02. The van der Waals surface area contributed by atoms with E-state index in [0.717, 1.165) is 12.3 Å². The van der Waals surface area contributed by atoms with Crippen LogP contribution in [0.4, 0.5) is 4.39 Å². The first kappa shape index (κ1) is 13.6. The van der Waals surface area contributed by atoms with Crippen molar-refractivity contribution in [1.29, 1.82) is 0 Å². The normalized spacial score (nSPS) is 12.4. The lowest BCUT2D eigenvalue weighted by Crippen LogP contribution is -2.23. The van der Waals surface area contributed by atoms with Gasteiger partial charge in [-0.05, 0) is 24.7 Å². The van der Waals surface area contributed by atoms with Crippen molar-refractivity contribution in [3.8, 4) is 5.75 Å². The molecule has 1 N–H and O–H groups in total. The Hall–Kier alpha value is -1.81. The molecular formula is C15H18FNO2. The predicted octanol–water partition coefficient (Wildman–Crippen LogP) is 3.32. The first-order chi connectivity index (χ1) is 9.24. The second-order valence-corrected chi connectivity index (χ2v) is 4.28. The average Bonchev–Trinajstić information content (AvgIpc) is 2.91. The summed E-state index contributed by atoms with van der Waals surface area (Å²) in [5.74, 6) is 1.09. The molecule has 0 amide bonds. The van der Waals surface area contributed by atoms with Crippen molar-refractivity contribution < 1.29 is 13.5 Å². The lowest BCUT2D eigenvalue weighted by molar-refractivity contribution is 0.407. The highest BCUT2D eigenvalue weighted by Crippen LogP contribution is 2.24. The molecule has 102 valence electrons. The zero-order valence-corrected chi connectivity index (χ0v) is 11.2. The number of methoxy groups -OCH3 is 1. The fourth-order valence-corrected chi connectivity index (χ4v) is 2.09. The van der Waals surface area contributed by atoms with Gasteiger partial charge in [-0.2, -0.15) is 0 Å². The fraction of sp³-hybridized carbons (Fsp3) is 0.333. The molecule has 19 heavy (non-hydrogen) atoms. The predicted molar refractivity (Wildman–Crippen MR) is 71.8 cm³/mol. The maximum Gasteiger partial charge on any atom is 0.131 e. The van der Waals surface area contributed by atoms with Crippen LogP contribution in [-0.2, 0) is 6.42 Å². The van der Waals surface area contributed by atoms with Crippen LogP contribution < -0.4 is 10.1 Å². The molecule has 0 fully saturated rings. The van der Waals surface area contributed by atoms with Gasteiger partial charge < -0.3 is 14.5 Å². The van der Waals surface area contributed by atoms with E-state index in [-0.39, 0.29) is 11.9 Å². The number of furan rings is 1. The van der Waals surface area contributed by atoms with E-state index in [1.54, 1.807) is 18.4 Å². The summed E-state index contributed by atoms with van der Waals surface area (Å²) in [7, 11) is 1.53. The van der Waals surface area contributed by atoms with Gasteiger partial charge in [-0.15, -0.1) is 0 Å². The van der Waals surface area contributed by atoms with Crippen LogP contribution in [0.25, 0.3) is 0 Å². The van der Waals surface area contributed by atoms with E-state index in [1.165, 1.54) is 13.2 Å². The number of hydrogen-bond donors (Lipinski definition) is 1. The van der Waals surface area contributed by atoms with E-state index >= 15 is 0 Å². The van der Waals surface area contributed by atoms with Crippen molar-refractivity contribution in [2.24, 2.45) is 0 Å². The highest BCUT2D eigenvalue weighted by Gasteiger charge is 2.17. The molecule has 1 aromatic heterocycles. The molecule has 1 atom stereocenters. The largest absolute Gasteiger partial charge is 0.497 e. The summed E-state index contributed by atoms with van der Waals surface area (Å²) >= 11 is 0. The average molecular weight is 263 g/mol. The molecule has 1 unspecified atom stereocenters. The van der Waals surface area contributed by atoms with Crippen LogP contribution in [0.1, 0.15) is 24.3 Å². The van der Waals surface area contributed by atoms with Crippen molar-refractivity contribution in [1.82, 2.24) is 5.32 Å². The summed E-state index contributed by atoms with van der Waals surface area (Å²) in [4.78, 5) is 0. The molecule has 0 radical (unpaired) electrons. The quantitative estimate of drug-likeness (QED) is 0.868. The molecule has 4 heteroatoms. The molecule has 0 aliphatic rings. The molecule has 0 spiro atoms. The Kier molecular flexibility index (Phi) is 4.58. The van der Waals surface area contributed by atoms with E-state index in [0.29, 0.717) is 17.7 Å². The van der Waals surface area contributed by atoms with Gasteiger partial charge in [-0.1, -0.05) is 13.0 Å². The lowest BCUT2D eigenvalue weighted by atomic mass is 10.0. The molecule has 1 aromatic carbocycles. The SMILES string of the molecule is CCNC(Cc1ccco1)c1ccc(OC)cc1F. The monoisotopic (exact) mass is 263 g/mol.